The van der Waals surface area contributed by atoms with Gasteiger partial charge < -0.3 is 15.4 Å². The predicted octanol–water partition coefficient (Wildman–Crippen LogP) is 7.32. The second kappa shape index (κ2) is 17.5. The molecule has 2 N–H and O–H groups in total. The van der Waals surface area contributed by atoms with Crippen LogP contribution >= 0.6 is 11.3 Å². The molecular formula is C28H44N2O3S. The Balaban J connectivity index is 1.59. The van der Waals surface area contributed by atoms with Crippen molar-refractivity contribution < 1.29 is 14.3 Å². The Morgan fingerprint density at radius 2 is 1.68 bits per heavy atom. The van der Waals surface area contributed by atoms with Gasteiger partial charge in [-0.15, -0.1) is 11.3 Å². The highest BCUT2D eigenvalue weighted by Crippen LogP contribution is 2.36. The van der Waals surface area contributed by atoms with Gasteiger partial charge in [0.15, 0.2) is 0 Å². The van der Waals surface area contributed by atoms with Crippen molar-refractivity contribution in [2.75, 3.05) is 18.5 Å². The molecule has 34 heavy (non-hydrogen) atoms. The van der Waals surface area contributed by atoms with Crippen molar-refractivity contribution in [2.24, 2.45) is 0 Å². The van der Waals surface area contributed by atoms with Crippen molar-refractivity contribution in [1.29, 1.82) is 0 Å². The molecule has 1 aliphatic heterocycles. The zero-order valence-electron chi connectivity index (χ0n) is 21.3. The fraction of sp³-hybridized carbons (Fsp3) is 0.643. The van der Waals surface area contributed by atoms with E-state index in [0.29, 0.717) is 23.6 Å². The minimum atomic E-state index is -0.325. The SMILES string of the molecule is CCCCC/C=C\C/C=C\CCCCCCCC(=O)Nc1sc2c(c1C(=O)OCC)CCNC2. The lowest BCUT2D eigenvalue weighted by Crippen LogP contribution is -2.23. The van der Waals surface area contributed by atoms with E-state index in [2.05, 4.69) is 41.9 Å². The van der Waals surface area contributed by atoms with Crippen molar-refractivity contribution in [3.8, 4) is 0 Å². The van der Waals surface area contributed by atoms with E-state index in [1.165, 1.54) is 49.9 Å². The molecule has 2 rings (SSSR count). The Morgan fingerprint density at radius 1 is 0.971 bits per heavy atom. The van der Waals surface area contributed by atoms with Crippen LogP contribution in [0.5, 0.6) is 0 Å². The molecule has 1 amide bonds. The maximum absolute atomic E-state index is 12.5. The molecule has 190 valence electrons. The molecule has 0 radical (unpaired) electrons. The van der Waals surface area contributed by atoms with Crippen LogP contribution in [0.3, 0.4) is 0 Å². The number of unbranched alkanes of at least 4 members (excludes halogenated alkanes) is 8. The minimum Gasteiger partial charge on any atom is -0.462 e. The first-order valence-electron chi connectivity index (χ1n) is 13.3. The number of amides is 1. The summed E-state index contributed by atoms with van der Waals surface area (Å²) >= 11 is 1.50. The molecule has 0 spiro atoms. The first-order valence-corrected chi connectivity index (χ1v) is 14.1. The highest BCUT2D eigenvalue weighted by Gasteiger charge is 2.27. The van der Waals surface area contributed by atoms with Crippen LogP contribution in [0.25, 0.3) is 0 Å². The molecule has 0 atom stereocenters. The van der Waals surface area contributed by atoms with Crippen molar-refractivity contribution in [2.45, 2.75) is 104 Å². The molecule has 0 saturated heterocycles. The number of hydrogen-bond acceptors (Lipinski definition) is 5. The van der Waals surface area contributed by atoms with Crippen molar-refractivity contribution in [3.05, 3.63) is 40.3 Å². The number of ether oxygens (including phenoxy) is 1. The summed E-state index contributed by atoms with van der Waals surface area (Å²) in [7, 11) is 0. The van der Waals surface area contributed by atoms with E-state index in [4.69, 9.17) is 4.74 Å². The first-order chi connectivity index (χ1) is 16.7. The molecule has 1 aromatic heterocycles. The number of nitrogens with one attached hydrogen (secondary N) is 2. The largest absolute Gasteiger partial charge is 0.462 e. The van der Waals surface area contributed by atoms with Crippen molar-refractivity contribution in [1.82, 2.24) is 5.32 Å². The minimum absolute atomic E-state index is 0.0113. The van der Waals surface area contributed by atoms with E-state index in [-0.39, 0.29) is 11.9 Å². The number of hydrogen-bond donors (Lipinski definition) is 2. The number of carbonyl (C=O) groups excluding carboxylic acids is 2. The van der Waals surface area contributed by atoms with Crippen LogP contribution in [0.15, 0.2) is 24.3 Å². The first kappa shape index (κ1) is 28.3. The molecule has 1 aromatic rings. The van der Waals surface area contributed by atoms with E-state index in [1.54, 1.807) is 6.92 Å². The lowest BCUT2D eigenvalue weighted by atomic mass is 10.0. The quantitative estimate of drug-likeness (QED) is 0.137. The second-order valence-corrected chi connectivity index (χ2v) is 9.99. The summed E-state index contributed by atoms with van der Waals surface area (Å²) in [4.78, 5) is 26.1. The van der Waals surface area contributed by atoms with Gasteiger partial charge in [-0.25, -0.2) is 4.79 Å². The number of fused-ring (bicyclic) bond motifs is 1. The summed E-state index contributed by atoms with van der Waals surface area (Å²) in [6, 6.07) is 0. The summed E-state index contributed by atoms with van der Waals surface area (Å²) < 4.78 is 5.25. The normalized spacial score (nSPS) is 13.5. The smallest absolute Gasteiger partial charge is 0.341 e. The highest BCUT2D eigenvalue weighted by molar-refractivity contribution is 7.17. The van der Waals surface area contributed by atoms with Gasteiger partial charge in [0, 0.05) is 17.8 Å². The van der Waals surface area contributed by atoms with Gasteiger partial charge >= 0.3 is 5.97 Å². The summed E-state index contributed by atoms with van der Waals surface area (Å²) in [5.41, 5.74) is 1.60. The zero-order chi connectivity index (χ0) is 24.4. The summed E-state index contributed by atoms with van der Waals surface area (Å²) in [6.07, 6.45) is 23.2. The van der Waals surface area contributed by atoms with Crippen molar-refractivity contribution in [3.63, 3.8) is 0 Å². The molecule has 6 heteroatoms. The van der Waals surface area contributed by atoms with Gasteiger partial charge in [-0.1, -0.05) is 63.3 Å². The van der Waals surface area contributed by atoms with Gasteiger partial charge in [0.25, 0.3) is 0 Å². The number of allylic oxidation sites excluding steroid dienone is 4. The van der Waals surface area contributed by atoms with Gasteiger partial charge in [-0.2, -0.15) is 0 Å². The van der Waals surface area contributed by atoms with Crippen molar-refractivity contribution >= 4 is 28.2 Å². The summed E-state index contributed by atoms with van der Waals surface area (Å²) in [5, 5.41) is 6.97. The third-order valence-corrected chi connectivity index (χ3v) is 7.16. The Hall–Kier alpha value is -1.92. The van der Waals surface area contributed by atoms with E-state index < -0.39 is 0 Å². The van der Waals surface area contributed by atoms with Gasteiger partial charge in [-0.3, -0.25) is 4.79 Å². The van der Waals surface area contributed by atoms with Crippen LogP contribution in [-0.4, -0.2) is 25.0 Å². The standard InChI is InChI=1S/C28H44N2O3S/c1-3-5-6-7-8-9-10-11-12-13-14-15-16-17-18-19-25(31)30-27-26(28(32)33-4-2)23-20-21-29-22-24(23)34-27/h8-9,11-12,29H,3-7,10,13-22H2,1-2H3,(H,30,31)/b9-8-,12-11-. The van der Waals surface area contributed by atoms with Gasteiger partial charge in [-0.05, 0) is 64.0 Å². The topological polar surface area (TPSA) is 67.4 Å². The van der Waals surface area contributed by atoms with E-state index >= 15 is 0 Å². The number of carbonyl (C=O) groups is 2. The zero-order valence-corrected chi connectivity index (χ0v) is 22.1. The fourth-order valence-corrected chi connectivity index (χ4v) is 5.35. The van der Waals surface area contributed by atoms with Gasteiger partial charge in [0.1, 0.15) is 5.00 Å². The third kappa shape index (κ3) is 10.6. The number of rotatable bonds is 17. The molecule has 0 fully saturated rings. The second-order valence-electron chi connectivity index (χ2n) is 8.88. The lowest BCUT2D eigenvalue weighted by Gasteiger charge is -2.13. The average molecular weight is 489 g/mol. The predicted molar refractivity (Wildman–Crippen MR) is 144 cm³/mol. The molecule has 0 aliphatic carbocycles. The summed E-state index contributed by atoms with van der Waals surface area (Å²) in [6.45, 7) is 5.97. The molecule has 0 bridgehead atoms. The highest BCUT2D eigenvalue weighted by atomic mass is 32.1. The number of esters is 1. The monoisotopic (exact) mass is 488 g/mol. The van der Waals surface area contributed by atoms with Crippen LogP contribution in [-0.2, 0) is 22.5 Å². The van der Waals surface area contributed by atoms with Crippen LogP contribution in [0.2, 0.25) is 0 Å². The van der Waals surface area contributed by atoms with Crippen LogP contribution in [0.1, 0.15) is 112 Å². The fourth-order valence-electron chi connectivity index (χ4n) is 4.13. The average Bonchev–Trinajstić information content (AvgIpc) is 3.19. The third-order valence-electron chi connectivity index (χ3n) is 6.02. The lowest BCUT2D eigenvalue weighted by molar-refractivity contribution is -0.116. The van der Waals surface area contributed by atoms with E-state index in [1.807, 2.05) is 0 Å². The Kier molecular flexibility index (Phi) is 14.6. The molecule has 2 heterocycles. The Labute approximate surface area is 210 Å². The van der Waals surface area contributed by atoms with Crippen LogP contribution < -0.4 is 10.6 Å². The maximum atomic E-state index is 12.5. The Bertz CT molecular complexity index is 798. The van der Waals surface area contributed by atoms with Crippen LogP contribution in [0, 0.1) is 0 Å². The van der Waals surface area contributed by atoms with Crippen LogP contribution in [0.4, 0.5) is 5.00 Å². The molecular weight excluding hydrogens is 444 g/mol. The molecule has 0 saturated carbocycles. The molecule has 0 unspecified atom stereocenters. The number of thiophene rings is 1. The molecule has 0 aromatic carbocycles. The van der Waals surface area contributed by atoms with Gasteiger partial charge in [0.2, 0.25) is 5.91 Å². The maximum Gasteiger partial charge on any atom is 0.341 e. The van der Waals surface area contributed by atoms with E-state index in [9.17, 15) is 9.59 Å². The van der Waals surface area contributed by atoms with E-state index in [0.717, 1.165) is 62.1 Å². The molecule has 1 aliphatic rings. The van der Waals surface area contributed by atoms with Gasteiger partial charge in [0.05, 0.1) is 12.2 Å². The Morgan fingerprint density at radius 3 is 2.41 bits per heavy atom. The summed E-state index contributed by atoms with van der Waals surface area (Å²) in [5.74, 6) is -0.336. The molecule has 5 nitrogen and oxygen atoms in total. The number of anilines is 1.